The maximum Gasteiger partial charge on any atom is 0.252 e. The van der Waals surface area contributed by atoms with Gasteiger partial charge in [0.25, 0.3) is 5.91 Å². The second kappa shape index (κ2) is 8.51. The molecule has 0 saturated carbocycles. The smallest absolute Gasteiger partial charge is 0.252 e. The minimum absolute atomic E-state index is 0.0924. The molecule has 0 bridgehead atoms. The standard InChI is InChI=1S/C20H20N4O2/c1-3-9-23-20(26)14-10-13(11-15(12-14)24-18(25)4-2)19(22)16-7-5-6-8-17(16)21/h1,4-8,10-12,19H,2,9,21-22H2,(H,23,26)(H,24,25). The Hall–Kier alpha value is -3.56. The van der Waals surface area contributed by atoms with E-state index in [0.717, 1.165) is 11.6 Å². The van der Waals surface area contributed by atoms with Crippen LogP contribution in [0, 0.1) is 12.3 Å². The van der Waals surface area contributed by atoms with Crippen LogP contribution in [0.4, 0.5) is 11.4 Å². The van der Waals surface area contributed by atoms with Crippen molar-refractivity contribution in [3.8, 4) is 12.3 Å². The lowest BCUT2D eigenvalue weighted by Gasteiger charge is -2.17. The largest absolute Gasteiger partial charge is 0.398 e. The van der Waals surface area contributed by atoms with Crippen LogP contribution in [0.2, 0.25) is 0 Å². The highest BCUT2D eigenvalue weighted by molar-refractivity contribution is 6.01. The molecule has 132 valence electrons. The van der Waals surface area contributed by atoms with E-state index in [-0.39, 0.29) is 12.5 Å². The van der Waals surface area contributed by atoms with E-state index in [1.807, 2.05) is 18.2 Å². The van der Waals surface area contributed by atoms with Crippen molar-refractivity contribution in [2.24, 2.45) is 5.73 Å². The third-order valence-electron chi connectivity index (χ3n) is 3.71. The lowest BCUT2D eigenvalue weighted by atomic mass is 9.95. The highest BCUT2D eigenvalue weighted by Crippen LogP contribution is 2.27. The van der Waals surface area contributed by atoms with Gasteiger partial charge in [0.05, 0.1) is 12.6 Å². The summed E-state index contributed by atoms with van der Waals surface area (Å²) in [7, 11) is 0. The van der Waals surface area contributed by atoms with Gasteiger partial charge in [0, 0.05) is 16.9 Å². The van der Waals surface area contributed by atoms with Crippen LogP contribution in [0.25, 0.3) is 0 Å². The van der Waals surface area contributed by atoms with Gasteiger partial charge >= 0.3 is 0 Å². The third kappa shape index (κ3) is 4.50. The fraction of sp³-hybridized carbons (Fsp3) is 0.100. The first-order chi connectivity index (χ1) is 12.5. The van der Waals surface area contributed by atoms with Crippen molar-refractivity contribution in [3.63, 3.8) is 0 Å². The van der Waals surface area contributed by atoms with E-state index in [9.17, 15) is 9.59 Å². The van der Waals surface area contributed by atoms with Crippen LogP contribution in [-0.4, -0.2) is 18.4 Å². The molecule has 1 unspecified atom stereocenters. The van der Waals surface area contributed by atoms with E-state index in [2.05, 4.69) is 23.1 Å². The third-order valence-corrected chi connectivity index (χ3v) is 3.71. The van der Waals surface area contributed by atoms with Gasteiger partial charge < -0.3 is 22.1 Å². The average molecular weight is 348 g/mol. The number of benzene rings is 2. The first-order valence-corrected chi connectivity index (χ1v) is 7.86. The van der Waals surface area contributed by atoms with Gasteiger partial charge in [-0.3, -0.25) is 9.59 Å². The Balaban J connectivity index is 2.46. The summed E-state index contributed by atoms with van der Waals surface area (Å²) in [5.74, 6) is 1.57. The van der Waals surface area contributed by atoms with Crippen molar-refractivity contribution in [1.29, 1.82) is 0 Å². The van der Waals surface area contributed by atoms with Crippen LogP contribution in [-0.2, 0) is 4.79 Å². The minimum Gasteiger partial charge on any atom is -0.398 e. The van der Waals surface area contributed by atoms with Crippen molar-refractivity contribution < 1.29 is 9.59 Å². The minimum atomic E-state index is -0.573. The molecule has 0 aliphatic heterocycles. The van der Waals surface area contributed by atoms with Crippen molar-refractivity contribution in [3.05, 3.63) is 71.8 Å². The molecule has 0 saturated heterocycles. The number of nitrogens with one attached hydrogen (secondary N) is 2. The number of carbonyl (C=O) groups is 2. The Morgan fingerprint density at radius 2 is 2.00 bits per heavy atom. The molecule has 2 aromatic carbocycles. The van der Waals surface area contributed by atoms with Gasteiger partial charge in [0.2, 0.25) is 5.91 Å². The highest BCUT2D eigenvalue weighted by Gasteiger charge is 2.16. The monoisotopic (exact) mass is 348 g/mol. The SMILES string of the molecule is C#CCNC(=O)c1cc(NC(=O)C=C)cc(C(N)c2ccccc2N)c1. The Kier molecular flexibility index (Phi) is 6.15. The molecule has 6 nitrogen and oxygen atoms in total. The van der Waals surface area contributed by atoms with Crippen LogP contribution in [0.1, 0.15) is 27.5 Å². The molecule has 0 aliphatic rings. The number of para-hydroxylation sites is 1. The Labute approximate surface area is 152 Å². The van der Waals surface area contributed by atoms with Gasteiger partial charge in [-0.15, -0.1) is 6.42 Å². The van der Waals surface area contributed by atoms with Crippen molar-refractivity contribution >= 4 is 23.2 Å². The molecular formula is C20H20N4O2. The Bertz CT molecular complexity index is 884. The summed E-state index contributed by atoms with van der Waals surface area (Å²) in [5, 5.41) is 5.23. The molecule has 2 rings (SSSR count). The van der Waals surface area contributed by atoms with E-state index in [1.165, 1.54) is 6.07 Å². The second-order valence-electron chi connectivity index (χ2n) is 5.53. The van der Waals surface area contributed by atoms with E-state index in [1.54, 1.807) is 18.2 Å². The molecule has 6 N–H and O–H groups in total. The molecule has 0 aliphatic carbocycles. The zero-order valence-corrected chi connectivity index (χ0v) is 14.2. The Morgan fingerprint density at radius 3 is 2.65 bits per heavy atom. The summed E-state index contributed by atoms with van der Waals surface area (Å²) in [6.45, 7) is 3.51. The molecule has 2 amide bonds. The summed E-state index contributed by atoms with van der Waals surface area (Å²) >= 11 is 0. The molecule has 1 atom stereocenters. The molecule has 0 spiro atoms. The van der Waals surface area contributed by atoms with Gasteiger partial charge in [-0.05, 0) is 41.5 Å². The summed E-state index contributed by atoms with van der Waals surface area (Å²) in [6.07, 6.45) is 6.31. The van der Waals surface area contributed by atoms with Crippen molar-refractivity contribution in [2.45, 2.75) is 6.04 Å². The normalized spacial score (nSPS) is 11.1. The zero-order chi connectivity index (χ0) is 19.1. The number of anilines is 2. The van der Waals surface area contributed by atoms with Crippen LogP contribution in [0.15, 0.2) is 55.1 Å². The summed E-state index contributed by atoms with van der Waals surface area (Å²) in [4.78, 5) is 23.9. The fourth-order valence-electron chi connectivity index (χ4n) is 2.43. The lowest BCUT2D eigenvalue weighted by Crippen LogP contribution is -2.24. The molecule has 6 heteroatoms. The van der Waals surface area contributed by atoms with Gasteiger partial charge in [0.1, 0.15) is 0 Å². The quantitative estimate of drug-likeness (QED) is 0.362. The molecule has 2 aromatic rings. The van der Waals surface area contributed by atoms with Crippen molar-refractivity contribution in [2.75, 3.05) is 17.6 Å². The molecule has 26 heavy (non-hydrogen) atoms. The number of carbonyl (C=O) groups excluding carboxylic acids is 2. The van der Waals surface area contributed by atoms with E-state index < -0.39 is 11.9 Å². The average Bonchev–Trinajstić information content (AvgIpc) is 2.65. The molecule has 0 fully saturated rings. The number of amides is 2. The predicted octanol–water partition coefficient (Wildman–Crippen LogP) is 1.80. The van der Waals surface area contributed by atoms with Crippen LogP contribution in [0.5, 0.6) is 0 Å². The number of hydrogen-bond acceptors (Lipinski definition) is 4. The van der Waals surface area contributed by atoms with Crippen LogP contribution >= 0.6 is 0 Å². The topological polar surface area (TPSA) is 110 Å². The second-order valence-corrected chi connectivity index (χ2v) is 5.53. The zero-order valence-electron chi connectivity index (χ0n) is 14.2. The number of hydrogen-bond donors (Lipinski definition) is 4. The molecule has 0 aromatic heterocycles. The van der Waals surface area contributed by atoms with Gasteiger partial charge in [0.15, 0.2) is 0 Å². The number of terminal acetylenes is 1. The van der Waals surface area contributed by atoms with E-state index >= 15 is 0 Å². The molecule has 0 heterocycles. The van der Waals surface area contributed by atoms with E-state index in [0.29, 0.717) is 22.5 Å². The summed E-state index contributed by atoms with van der Waals surface area (Å²) < 4.78 is 0. The Morgan fingerprint density at radius 1 is 1.27 bits per heavy atom. The number of nitrogens with two attached hydrogens (primary N) is 2. The van der Waals surface area contributed by atoms with Gasteiger partial charge in [-0.1, -0.05) is 30.7 Å². The summed E-state index contributed by atoms with van der Waals surface area (Å²) in [5.41, 5.74) is 15.0. The first-order valence-electron chi connectivity index (χ1n) is 7.86. The summed E-state index contributed by atoms with van der Waals surface area (Å²) in [6, 6.07) is 11.5. The highest BCUT2D eigenvalue weighted by atomic mass is 16.2. The van der Waals surface area contributed by atoms with Crippen LogP contribution < -0.4 is 22.1 Å². The van der Waals surface area contributed by atoms with Crippen LogP contribution in [0.3, 0.4) is 0 Å². The maximum absolute atomic E-state index is 12.3. The van der Waals surface area contributed by atoms with Gasteiger partial charge in [-0.25, -0.2) is 0 Å². The van der Waals surface area contributed by atoms with Gasteiger partial charge in [-0.2, -0.15) is 0 Å². The maximum atomic E-state index is 12.3. The predicted molar refractivity (Wildman–Crippen MR) is 103 cm³/mol. The van der Waals surface area contributed by atoms with E-state index in [4.69, 9.17) is 17.9 Å². The lowest BCUT2D eigenvalue weighted by molar-refractivity contribution is -0.111. The fourth-order valence-corrected chi connectivity index (χ4v) is 2.43. The first kappa shape index (κ1) is 18.8. The molecule has 0 radical (unpaired) electrons. The number of nitrogen functional groups attached to an aromatic ring is 1. The molecular weight excluding hydrogens is 328 g/mol. The number of rotatable bonds is 6. The van der Waals surface area contributed by atoms with Crippen molar-refractivity contribution in [1.82, 2.24) is 5.32 Å².